The Morgan fingerprint density at radius 3 is 2.66 bits per heavy atom. The Balaban J connectivity index is 1.23. The minimum Gasteiger partial charge on any atom is -0.485 e. The Hall–Kier alpha value is -2.51. The largest absolute Gasteiger partial charge is 0.485 e. The molecule has 0 bridgehead atoms. The van der Waals surface area contributed by atoms with Crippen molar-refractivity contribution in [3.63, 3.8) is 0 Å². The molecule has 1 saturated carbocycles. The van der Waals surface area contributed by atoms with Crippen LogP contribution >= 0.6 is 0 Å². The van der Waals surface area contributed by atoms with E-state index in [1.54, 1.807) is 0 Å². The van der Waals surface area contributed by atoms with Crippen molar-refractivity contribution < 1.29 is 9.13 Å². The van der Waals surface area contributed by atoms with Gasteiger partial charge in [0.05, 0.1) is 19.1 Å². The average molecular weight is 478 g/mol. The summed E-state index contributed by atoms with van der Waals surface area (Å²) in [5.74, 6) is 2.42. The van der Waals surface area contributed by atoms with Crippen LogP contribution in [0.1, 0.15) is 62.2 Å². The molecule has 6 nitrogen and oxygen atoms in total. The van der Waals surface area contributed by atoms with Gasteiger partial charge in [0.25, 0.3) is 0 Å². The maximum atomic E-state index is 12.4. The summed E-state index contributed by atoms with van der Waals surface area (Å²) in [6.07, 6.45) is 10.8. The van der Waals surface area contributed by atoms with Gasteiger partial charge in [0.2, 0.25) is 0 Å². The number of rotatable bonds is 9. The van der Waals surface area contributed by atoms with Gasteiger partial charge >= 0.3 is 0 Å². The van der Waals surface area contributed by atoms with Crippen molar-refractivity contribution in [2.75, 3.05) is 32.9 Å². The molecule has 6 rings (SSSR count). The zero-order valence-corrected chi connectivity index (χ0v) is 20.6. The summed E-state index contributed by atoms with van der Waals surface area (Å²) in [6.45, 7) is 5.65. The number of nitrogens with zero attached hydrogens (tertiary/aromatic N) is 4. The van der Waals surface area contributed by atoms with E-state index >= 15 is 0 Å². The van der Waals surface area contributed by atoms with Crippen molar-refractivity contribution in [3.05, 3.63) is 53.7 Å². The molecule has 0 amide bonds. The number of nitrogens with one attached hydrogen (secondary N) is 1. The van der Waals surface area contributed by atoms with Crippen LogP contribution in [0.2, 0.25) is 0 Å². The fourth-order valence-electron chi connectivity index (χ4n) is 6.03. The maximum Gasteiger partial charge on any atom is 0.156 e. The summed E-state index contributed by atoms with van der Waals surface area (Å²) in [6, 6.07) is 9.07. The number of hydrogen-bond acceptors (Lipinski definition) is 5. The highest BCUT2D eigenvalue weighted by molar-refractivity contribution is 5.85. The molecule has 1 saturated heterocycles. The number of fused-ring (bicyclic) bond motifs is 3. The van der Waals surface area contributed by atoms with Crippen LogP contribution in [0.25, 0.3) is 10.9 Å². The Morgan fingerprint density at radius 2 is 1.91 bits per heavy atom. The number of benzene rings is 1. The van der Waals surface area contributed by atoms with Crippen LogP contribution in [0.3, 0.4) is 0 Å². The third-order valence-corrected chi connectivity index (χ3v) is 8.26. The molecule has 2 atom stereocenters. The Labute approximate surface area is 206 Å². The Kier molecular flexibility index (Phi) is 6.46. The van der Waals surface area contributed by atoms with E-state index in [1.807, 2.05) is 12.4 Å². The highest BCUT2D eigenvalue weighted by atomic mass is 19.1. The first-order chi connectivity index (χ1) is 17.2. The topological polar surface area (TPSA) is 57.3 Å². The summed E-state index contributed by atoms with van der Waals surface area (Å²) < 4.78 is 18.5. The van der Waals surface area contributed by atoms with Gasteiger partial charge in [0.1, 0.15) is 12.1 Å². The molecule has 1 N–H and O–H groups in total. The highest BCUT2D eigenvalue weighted by Crippen LogP contribution is 2.41. The molecule has 2 aromatic heterocycles. The van der Waals surface area contributed by atoms with E-state index in [2.05, 4.69) is 46.0 Å². The van der Waals surface area contributed by atoms with Crippen LogP contribution < -0.4 is 4.74 Å². The summed E-state index contributed by atoms with van der Waals surface area (Å²) in [7, 11) is 0. The van der Waals surface area contributed by atoms with E-state index in [0.717, 1.165) is 44.3 Å². The molecule has 0 spiro atoms. The SMILES string of the molecule is C[C@@H]1Cc2c([nH]c3ccccc23)[C@@H](c2ncc(OC3CN(CCCF)C3)cn2)N1CCC1CCC1. The standard InChI is InChI=1S/C28H36FN5O/c1-19-14-24-23-8-2-3-9-25(23)32-26(24)27(34(19)13-10-20-6-4-7-20)28-30-15-21(16-31-28)35-22-17-33(18-22)12-5-11-29/h2-3,8-9,15-16,19-20,22,27,32H,4-7,10-14,17-18H2,1H3/t19-,27+/m1/s1. The Morgan fingerprint density at radius 1 is 1.11 bits per heavy atom. The molecule has 1 aliphatic carbocycles. The van der Waals surface area contributed by atoms with Crippen LogP contribution in [0.4, 0.5) is 4.39 Å². The normalized spacial score (nSPS) is 23.7. The predicted octanol–water partition coefficient (Wildman–Crippen LogP) is 4.91. The van der Waals surface area contributed by atoms with E-state index in [9.17, 15) is 4.39 Å². The fourth-order valence-corrected chi connectivity index (χ4v) is 6.03. The van der Waals surface area contributed by atoms with Crippen molar-refractivity contribution in [2.45, 2.75) is 63.6 Å². The number of alkyl halides is 1. The van der Waals surface area contributed by atoms with Gasteiger partial charge in [-0.05, 0) is 50.3 Å². The molecule has 35 heavy (non-hydrogen) atoms. The van der Waals surface area contributed by atoms with Crippen LogP contribution in [-0.2, 0) is 6.42 Å². The lowest BCUT2D eigenvalue weighted by Crippen LogP contribution is -2.53. The predicted molar refractivity (Wildman–Crippen MR) is 135 cm³/mol. The molecule has 0 unspecified atom stereocenters. The molecular formula is C28H36FN5O. The summed E-state index contributed by atoms with van der Waals surface area (Å²) in [5.41, 5.74) is 3.84. The zero-order chi connectivity index (χ0) is 23.8. The number of ether oxygens (including phenoxy) is 1. The van der Waals surface area contributed by atoms with E-state index in [4.69, 9.17) is 14.7 Å². The second-order valence-electron chi connectivity index (χ2n) is 10.7. The Bertz CT molecular complexity index is 1140. The van der Waals surface area contributed by atoms with Gasteiger partial charge in [-0.1, -0.05) is 37.5 Å². The average Bonchev–Trinajstić information content (AvgIpc) is 3.18. The minimum atomic E-state index is -0.257. The molecule has 3 aromatic rings. The van der Waals surface area contributed by atoms with E-state index in [-0.39, 0.29) is 18.8 Å². The van der Waals surface area contributed by atoms with Gasteiger partial charge < -0.3 is 9.72 Å². The van der Waals surface area contributed by atoms with E-state index in [0.29, 0.717) is 18.2 Å². The fraction of sp³-hybridized carbons (Fsp3) is 0.571. The molecule has 4 heterocycles. The number of aromatic amines is 1. The van der Waals surface area contributed by atoms with Crippen molar-refractivity contribution in [2.24, 2.45) is 5.92 Å². The number of aromatic nitrogens is 3. The van der Waals surface area contributed by atoms with Gasteiger partial charge in [-0.15, -0.1) is 0 Å². The van der Waals surface area contributed by atoms with Crippen molar-refractivity contribution in [1.29, 1.82) is 0 Å². The van der Waals surface area contributed by atoms with Gasteiger partial charge in [0, 0.05) is 42.3 Å². The first-order valence-corrected chi connectivity index (χ1v) is 13.3. The highest BCUT2D eigenvalue weighted by Gasteiger charge is 2.38. The number of para-hydroxylation sites is 1. The second kappa shape index (κ2) is 9.86. The maximum absolute atomic E-state index is 12.4. The number of likely N-dealkylation sites (tertiary alicyclic amines) is 1. The second-order valence-corrected chi connectivity index (χ2v) is 10.7. The monoisotopic (exact) mass is 477 g/mol. The molecule has 7 heteroatoms. The van der Waals surface area contributed by atoms with Crippen LogP contribution in [0.5, 0.6) is 5.75 Å². The molecule has 186 valence electrons. The molecule has 2 aliphatic heterocycles. The molecular weight excluding hydrogens is 441 g/mol. The zero-order valence-electron chi connectivity index (χ0n) is 20.6. The molecule has 2 fully saturated rings. The smallest absolute Gasteiger partial charge is 0.156 e. The summed E-state index contributed by atoms with van der Waals surface area (Å²) in [5, 5.41) is 1.32. The molecule has 1 aromatic carbocycles. The third kappa shape index (κ3) is 4.56. The first-order valence-electron chi connectivity index (χ1n) is 13.3. The lowest BCUT2D eigenvalue weighted by atomic mass is 9.82. The number of hydrogen-bond donors (Lipinski definition) is 1. The summed E-state index contributed by atoms with van der Waals surface area (Å²) in [4.78, 5) is 18.2. The van der Waals surface area contributed by atoms with Crippen LogP contribution in [-0.4, -0.2) is 69.8 Å². The van der Waals surface area contributed by atoms with Gasteiger partial charge in [0.15, 0.2) is 11.6 Å². The molecule has 0 radical (unpaired) electrons. The van der Waals surface area contributed by atoms with E-state index < -0.39 is 0 Å². The van der Waals surface area contributed by atoms with Gasteiger partial charge in [-0.25, -0.2) is 9.97 Å². The van der Waals surface area contributed by atoms with Crippen molar-refractivity contribution >= 4 is 10.9 Å². The first kappa shape index (κ1) is 22.9. The van der Waals surface area contributed by atoms with E-state index in [1.165, 1.54) is 47.8 Å². The number of halogens is 1. The van der Waals surface area contributed by atoms with Gasteiger partial charge in [-0.3, -0.25) is 14.2 Å². The third-order valence-electron chi connectivity index (χ3n) is 8.26. The van der Waals surface area contributed by atoms with Crippen LogP contribution in [0, 0.1) is 5.92 Å². The summed E-state index contributed by atoms with van der Waals surface area (Å²) >= 11 is 0. The van der Waals surface area contributed by atoms with Crippen molar-refractivity contribution in [1.82, 2.24) is 24.8 Å². The number of H-pyrrole nitrogens is 1. The quantitative estimate of drug-likeness (QED) is 0.475. The van der Waals surface area contributed by atoms with Crippen LogP contribution in [0.15, 0.2) is 36.7 Å². The lowest BCUT2D eigenvalue weighted by Gasteiger charge is -2.41. The van der Waals surface area contributed by atoms with Gasteiger partial charge in [-0.2, -0.15) is 0 Å². The van der Waals surface area contributed by atoms with Crippen molar-refractivity contribution in [3.8, 4) is 5.75 Å². The molecule has 3 aliphatic rings. The lowest BCUT2D eigenvalue weighted by molar-refractivity contribution is 0.0179. The minimum absolute atomic E-state index is 0.0233.